The van der Waals surface area contributed by atoms with Crippen LogP contribution in [0.25, 0.3) is 0 Å². The third kappa shape index (κ3) is 3.59. The summed E-state index contributed by atoms with van der Waals surface area (Å²) >= 11 is 0. The SMILES string of the molecule is Cc1ccc(NC(=O)c2ccccc2C)cc1NC(=O)C1CC1. The van der Waals surface area contributed by atoms with Gasteiger partial charge in [-0.05, 0) is 56.0 Å². The number of hydrogen-bond donors (Lipinski definition) is 2. The number of hydrogen-bond acceptors (Lipinski definition) is 2. The summed E-state index contributed by atoms with van der Waals surface area (Å²) in [6.45, 7) is 3.85. The molecule has 1 fully saturated rings. The maximum absolute atomic E-state index is 12.4. The van der Waals surface area contributed by atoms with E-state index in [0.717, 1.165) is 29.7 Å². The van der Waals surface area contributed by atoms with Crippen LogP contribution in [0.3, 0.4) is 0 Å². The zero-order valence-electron chi connectivity index (χ0n) is 13.3. The molecule has 1 aliphatic rings. The Morgan fingerprint density at radius 1 is 0.957 bits per heavy atom. The number of rotatable bonds is 4. The first-order valence-electron chi connectivity index (χ1n) is 7.83. The fraction of sp³-hybridized carbons (Fsp3) is 0.263. The summed E-state index contributed by atoms with van der Waals surface area (Å²) in [5.41, 5.74) is 3.99. The van der Waals surface area contributed by atoms with Crippen LogP contribution < -0.4 is 10.6 Å². The highest BCUT2D eigenvalue weighted by Crippen LogP contribution is 2.31. The first-order chi connectivity index (χ1) is 11.0. The number of nitrogens with one attached hydrogen (secondary N) is 2. The molecule has 2 N–H and O–H groups in total. The van der Waals surface area contributed by atoms with Gasteiger partial charge in [0, 0.05) is 22.9 Å². The summed E-state index contributed by atoms with van der Waals surface area (Å²) in [6, 6.07) is 13.0. The molecule has 0 bridgehead atoms. The quantitative estimate of drug-likeness (QED) is 0.900. The number of carbonyl (C=O) groups excluding carboxylic acids is 2. The van der Waals surface area contributed by atoms with E-state index in [0.29, 0.717) is 11.3 Å². The molecule has 0 aliphatic heterocycles. The fourth-order valence-corrected chi connectivity index (χ4v) is 2.44. The monoisotopic (exact) mass is 308 g/mol. The first kappa shape index (κ1) is 15.3. The number of amides is 2. The van der Waals surface area contributed by atoms with Crippen LogP contribution in [0.4, 0.5) is 11.4 Å². The Bertz CT molecular complexity index is 764. The van der Waals surface area contributed by atoms with E-state index < -0.39 is 0 Å². The summed E-state index contributed by atoms with van der Waals surface area (Å²) in [6.07, 6.45) is 1.93. The topological polar surface area (TPSA) is 58.2 Å². The van der Waals surface area contributed by atoms with Crippen LogP contribution in [0, 0.1) is 19.8 Å². The van der Waals surface area contributed by atoms with Crippen LogP contribution in [0.5, 0.6) is 0 Å². The average Bonchev–Trinajstić information content (AvgIpc) is 3.35. The molecule has 0 unspecified atom stereocenters. The Kier molecular flexibility index (Phi) is 4.15. The van der Waals surface area contributed by atoms with Crippen molar-refractivity contribution in [2.24, 2.45) is 5.92 Å². The van der Waals surface area contributed by atoms with Crippen molar-refractivity contribution in [1.82, 2.24) is 0 Å². The van der Waals surface area contributed by atoms with E-state index in [1.807, 2.05) is 50.2 Å². The predicted molar refractivity (Wildman–Crippen MR) is 91.7 cm³/mol. The van der Waals surface area contributed by atoms with Crippen LogP contribution in [-0.2, 0) is 4.79 Å². The summed E-state index contributed by atoms with van der Waals surface area (Å²) < 4.78 is 0. The van der Waals surface area contributed by atoms with Gasteiger partial charge < -0.3 is 10.6 Å². The lowest BCUT2D eigenvalue weighted by Crippen LogP contribution is -2.16. The van der Waals surface area contributed by atoms with Crippen LogP contribution in [0.15, 0.2) is 42.5 Å². The van der Waals surface area contributed by atoms with E-state index in [2.05, 4.69) is 10.6 Å². The lowest BCUT2D eigenvalue weighted by atomic mass is 10.1. The second-order valence-corrected chi connectivity index (χ2v) is 6.06. The molecule has 2 aromatic rings. The molecule has 0 radical (unpaired) electrons. The number of anilines is 2. The van der Waals surface area contributed by atoms with E-state index in [9.17, 15) is 9.59 Å². The van der Waals surface area contributed by atoms with Gasteiger partial charge in [-0.15, -0.1) is 0 Å². The highest BCUT2D eigenvalue weighted by Gasteiger charge is 2.29. The van der Waals surface area contributed by atoms with Gasteiger partial charge in [0.1, 0.15) is 0 Å². The Hall–Kier alpha value is -2.62. The van der Waals surface area contributed by atoms with Gasteiger partial charge in [-0.2, -0.15) is 0 Å². The molecule has 118 valence electrons. The first-order valence-corrected chi connectivity index (χ1v) is 7.83. The lowest BCUT2D eigenvalue weighted by molar-refractivity contribution is -0.117. The van der Waals surface area contributed by atoms with Gasteiger partial charge >= 0.3 is 0 Å². The van der Waals surface area contributed by atoms with Gasteiger partial charge in [0.15, 0.2) is 0 Å². The number of aryl methyl sites for hydroxylation is 2. The molecule has 2 aromatic carbocycles. The molecule has 23 heavy (non-hydrogen) atoms. The average molecular weight is 308 g/mol. The molecule has 1 saturated carbocycles. The summed E-state index contributed by atoms with van der Waals surface area (Å²) in [7, 11) is 0. The molecule has 0 atom stereocenters. The second-order valence-electron chi connectivity index (χ2n) is 6.06. The van der Waals surface area contributed by atoms with Crippen molar-refractivity contribution in [3.05, 3.63) is 59.2 Å². The normalized spacial score (nSPS) is 13.5. The molecular weight excluding hydrogens is 288 g/mol. The van der Waals surface area contributed by atoms with Crippen molar-refractivity contribution in [2.45, 2.75) is 26.7 Å². The van der Waals surface area contributed by atoms with Crippen molar-refractivity contribution in [3.8, 4) is 0 Å². The highest BCUT2D eigenvalue weighted by atomic mass is 16.2. The van der Waals surface area contributed by atoms with E-state index >= 15 is 0 Å². The molecule has 0 heterocycles. The van der Waals surface area contributed by atoms with Gasteiger partial charge in [0.25, 0.3) is 5.91 Å². The van der Waals surface area contributed by atoms with Gasteiger partial charge in [0.2, 0.25) is 5.91 Å². The molecule has 0 spiro atoms. The Morgan fingerprint density at radius 3 is 2.39 bits per heavy atom. The van der Waals surface area contributed by atoms with Crippen LogP contribution >= 0.6 is 0 Å². The van der Waals surface area contributed by atoms with E-state index in [-0.39, 0.29) is 17.7 Å². The Morgan fingerprint density at radius 2 is 1.70 bits per heavy atom. The van der Waals surface area contributed by atoms with Gasteiger partial charge in [0.05, 0.1) is 0 Å². The van der Waals surface area contributed by atoms with Crippen LogP contribution in [0.1, 0.15) is 34.3 Å². The fourth-order valence-electron chi connectivity index (χ4n) is 2.44. The van der Waals surface area contributed by atoms with Crippen molar-refractivity contribution in [1.29, 1.82) is 0 Å². The Labute approximate surface area is 135 Å². The molecule has 2 amide bonds. The maximum atomic E-state index is 12.4. The predicted octanol–water partition coefficient (Wildman–Crippen LogP) is 3.90. The third-order valence-electron chi connectivity index (χ3n) is 4.09. The Balaban J connectivity index is 1.76. The minimum atomic E-state index is -0.147. The maximum Gasteiger partial charge on any atom is 0.255 e. The highest BCUT2D eigenvalue weighted by molar-refractivity contribution is 6.05. The van der Waals surface area contributed by atoms with Crippen molar-refractivity contribution in [3.63, 3.8) is 0 Å². The van der Waals surface area contributed by atoms with Gasteiger partial charge in [-0.3, -0.25) is 9.59 Å². The van der Waals surface area contributed by atoms with E-state index in [1.165, 1.54) is 0 Å². The van der Waals surface area contributed by atoms with Crippen LogP contribution in [0.2, 0.25) is 0 Å². The molecule has 3 rings (SSSR count). The van der Waals surface area contributed by atoms with Crippen molar-refractivity contribution >= 4 is 23.2 Å². The summed E-state index contributed by atoms with van der Waals surface area (Å²) in [5.74, 6) is 0.0709. The van der Waals surface area contributed by atoms with Crippen molar-refractivity contribution in [2.75, 3.05) is 10.6 Å². The van der Waals surface area contributed by atoms with E-state index in [4.69, 9.17) is 0 Å². The lowest BCUT2D eigenvalue weighted by Gasteiger charge is -2.12. The molecule has 4 nitrogen and oxygen atoms in total. The molecular formula is C19H20N2O2. The van der Waals surface area contributed by atoms with Gasteiger partial charge in [-0.1, -0.05) is 24.3 Å². The van der Waals surface area contributed by atoms with Crippen molar-refractivity contribution < 1.29 is 9.59 Å². The smallest absolute Gasteiger partial charge is 0.255 e. The second kappa shape index (κ2) is 6.24. The molecule has 4 heteroatoms. The number of benzene rings is 2. The zero-order valence-corrected chi connectivity index (χ0v) is 13.3. The van der Waals surface area contributed by atoms with E-state index in [1.54, 1.807) is 6.07 Å². The van der Waals surface area contributed by atoms with Gasteiger partial charge in [-0.25, -0.2) is 0 Å². The third-order valence-corrected chi connectivity index (χ3v) is 4.09. The largest absolute Gasteiger partial charge is 0.326 e. The zero-order chi connectivity index (χ0) is 16.4. The standard InChI is InChI=1S/C19H20N2O2/c1-12-5-3-4-6-16(12)19(23)20-15-10-7-13(2)17(11-15)21-18(22)14-8-9-14/h3-7,10-11,14H,8-9H2,1-2H3,(H,20,23)(H,21,22). The molecule has 1 aliphatic carbocycles. The minimum Gasteiger partial charge on any atom is -0.326 e. The molecule has 0 aromatic heterocycles. The van der Waals surface area contributed by atoms with Crippen LogP contribution in [-0.4, -0.2) is 11.8 Å². The minimum absolute atomic E-state index is 0.0653. The molecule has 0 saturated heterocycles. The number of carbonyl (C=O) groups is 2. The summed E-state index contributed by atoms with van der Waals surface area (Å²) in [5, 5.41) is 5.84. The summed E-state index contributed by atoms with van der Waals surface area (Å²) in [4.78, 5) is 24.3.